The molecule has 37 heavy (non-hydrogen) atoms. The van der Waals surface area contributed by atoms with E-state index in [1.54, 1.807) is 68.5 Å². The number of carbonyl (C=O) groups is 2. The fourth-order valence-electron chi connectivity index (χ4n) is 3.96. The molecule has 2 aromatic carbocycles. The summed E-state index contributed by atoms with van der Waals surface area (Å²) in [5.74, 6) is -0.428. The van der Waals surface area contributed by atoms with Crippen molar-refractivity contribution in [2.24, 2.45) is 4.99 Å². The Morgan fingerprint density at radius 2 is 1.49 bits per heavy atom. The molecule has 2 heterocycles. The van der Waals surface area contributed by atoms with Crippen molar-refractivity contribution in [2.75, 3.05) is 6.54 Å². The smallest absolute Gasteiger partial charge is 0.351 e. The molecule has 0 fully saturated rings. The summed E-state index contributed by atoms with van der Waals surface area (Å²) in [4.78, 5) is 47.7. The third-order valence-electron chi connectivity index (χ3n) is 5.81. The van der Waals surface area contributed by atoms with Crippen LogP contribution < -0.4 is 10.7 Å². The molecule has 0 unspecified atom stereocenters. The van der Waals surface area contributed by atoms with Gasteiger partial charge in [-0.25, -0.2) is 9.78 Å². The second kappa shape index (κ2) is 11.3. The minimum atomic E-state index is -0.595. The summed E-state index contributed by atoms with van der Waals surface area (Å²) in [6.07, 6.45) is 8.12. The van der Waals surface area contributed by atoms with Gasteiger partial charge in [0, 0.05) is 24.2 Å². The first-order chi connectivity index (χ1) is 18.0. The first kappa shape index (κ1) is 25.2. The average molecular weight is 494 g/mol. The summed E-state index contributed by atoms with van der Waals surface area (Å²) in [7, 11) is 0. The van der Waals surface area contributed by atoms with Gasteiger partial charge in [-0.15, -0.1) is 0 Å². The van der Waals surface area contributed by atoms with Crippen molar-refractivity contribution < 1.29 is 14.7 Å². The number of benzene rings is 2. The molecule has 0 atom stereocenters. The van der Waals surface area contributed by atoms with E-state index in [2.05, 4.69) is 9.98 Å². The van der Waals surface area contributed by atoms with E-state index in [0.717, 1.165) is 9.47 Å². The van der Waals surface area contributed by atoms with E-state index in [-0.39, 0.29) is 24.2 Å². The molecule has 1 aliphatic heterocycles. The molecule has 1 aliphatic rings. The summed E-state index contributed by atoms with van der Waals surface area (Å²) in [6, 6.07) is 16.9. The van der Waals surface area contributed by atoms with E-state index in [0.29, 0.717) is 22.5 Å². The standard InChI is InChI=1S/C29H26N4O4/c1-3-32-26(34)22(24(30-28(32)36)20-14-8-5-9-15-20)18-12-7-13-19-23-25(21-16-10-6-11-17-21)31-29(37)33(4-2)27(23)35/h5-19H,3-4H2,1-2H3,(H,30,36)/p-1/b13-7?,18-12?,23-19-. The molecule has 1 aromatic heterocycles. The van der Waals surface area contributed by atoms with Crippen LogP contribution >= 0.6 is 0 Å². The van der Waals surface area contributed by atoms with E-state index in [4.69, 9.17) is 0 Å². The molecule has 3 aromatic rings. The van der Waals surface area contributed by atoms with Crippen molar-refractivity contribution in [3.63, 3.8) is 0 Å². The third-order valence-corrected chi connectivity index (χ3v) is 5.81. The molecule has 3 amide bonds. The zero-order valence-corrected chi connectivity index (χ0v) is 20.5. The van der Waals surface area contributed by atoms with Gasteiger partial charge in [-0.3, -0.25) is 14.5 Å². The second-order valence-electron chi connectivity index (χ2n) is 8.05. The monoisotopic (exact) mass is 493 g/mol. The Balaban J connectivity index is 1.70. The lowest BCUT2D eigenvalue weighted by molar-refractivity contribution is -0.286. The van der Waals surface area contributed by atoms with Gasteiger partial charge in [-0.2, -0.15) is 4.99 Å². The summed E-state index contributed by atoms with van der Waals surface area (Å²) in [5, 5.41) is 12.4. The summed E-state index contributed by atoms with van der Waals surface area (Å²) in [6.45, 7) is 3.84. The summed E-state index contributed by atoms with van der Waals surface area (Å²) >= 11 is 0. The number of carbonyl (C=O) groups excluding carboxylic acids is 2. The minimum Gasteiger partial charge on any atom is -0.846 e. The van der Waals surface area contributed by atoms with E-state index >= 15 is 0 Å². The molecule has 0 N–H and O–H groups in total. The van der Waals surface area contributed by atoms with Crippen LogP contribution in [0.2, 0.25) is 0 Å². The van der Waals surface area contributed by atoms with E-state index < -0.39 is 23.5 Å². The van der Waals surface area contributed by atoms with Crippen molar-refractivity contribution in [3.05, 3.63) is 112 Å². The number of likely N-dealkylation sites (N-methyl/N-ethyl adjacent to an activating group) is 1. The first-order valence-electron chi connectivity index (χ1n) is 11.9. The predicted octanol–water partition coefficient (Wildman–Crippen LogP) is 3.97. The summed E-state index contributed by atoms with van der Waals surface area (Å²) < 4.78 is 1.08. The fourth-order valence-corrected chi connectivity index (χ4v) is 3.96. The van der Waals surface area contributed by atoms with Crippen LogP contribution in [-0.2, 0) is 11.3 Å². The zero-order valence-electron chi connectivity index (χ0n) is 20.5. The highest BCUT2D eigenvalue weighted by molar-refractivity contribution is 6.34. The van der Waals surface area contributed by atoms with Gasteiger partial charge in [-0.05, 0) is 26.0 Å². The lowest BCUT2D eigenvalue weighted by Gasteiger charge is -2.24. The zero-order chi connectivity index (χ0) is 26.4. The van der Waals surface area contributed by atoms with Crippen LogP contribution in [0.5, 0.6) is 6.01 Å². The number of urea groups is 1. The third kappa shape index (κ3) is 5.23. The molecule has 0 bridgehead atoms. The number of nitrogens with zero attached hydrogens (tertiary/aromatic N) is 4. The molecule has 0 saturated carbocycles. The van der Waals surface area contributed by atoms with Gasteiger partial charge in [0.2, 0.25) is 0 Å². The topological polar surface area (TPSA) is 108 Å². The summed E-state index contributed by atoms with van der Waals surface area (Å²) in [5.41, 5.74) is 2.07. The van der Waals surface area contributed by atoms with Crippen LogP contribution in [-0.4, -0.2) is 38.6 Å². The number of rotatable bonds is 7. The van der Waals surface area contributed by atoms with Gasteiger partial charge >= 0.3 is 6.03 Å². The normalized spacial score (nSPS) is 15.2. The predicted molar refractivity (Wildman–Crippen MR) is 141 cm³/mol. The lowest BCUT2D eigenvalue weighted by Crippen LogP contribution is -2.42. The Hall–Kier alpha value is -4.85. The van der Waals surface area contributed by atoms with Crippen LogP contribution in [0.15, 0.2) is 100 Å². The van der Waals surface area contributed by atoms with E-state index in [1.807, 2.05) is 36.4 Å². The highest BCUT2D eigenvalue weighted by Gasteiger charge is 2.31. The number of aromatic nitrogens is 2. The molecule has 0 saturated heterocycles. The fraction of sp³-hybridized carbons (Fsp3) is 0.138. The Morgan fingerprint density at radius 3 is 2.11 bits per heavy atom. The SMILES string of the molecule is CCN1C(=O)N=C(c2ccccc2)/C(=C/C=CC=Cc2c(-c3ccccc3)nc([O-])n(CC)c2=O)C1=O. The molecular formula is C29H25N4O4-. The van der Waals surface area contributed by atoms with Crippen LogP contribution in [0, 0.1) is 0 Å². The molecule has 4 rings (SSSR count). The van der Waals surface area contributed by atoms with Crippen LogP contribution in [0.25, 0.3) is 17.3 Å². The van der Waals surface area contributed by atoms with Crippen molar-refractivity contribution in [1.29, 1.82) is 0 Å². The largest absolute Gasteiger partial charge is 0.846 e. The number of amides is 3. The van der Waals surface area contributed by atoms with Crippen LogP contribution in [0.3, 0.4) is 0 Å². The highest BCUT2D eigenvalue weighted by Crippen LogP contribution is 2.22. The van der Waals surface area contributed by atoms with Gasteiger partial charge in [-0.1, -0.05) is 78.9 Å². The van der Waals surface area contributed by atoms with Crippen molar-refractivity contribution in [2.45, 2.75) is 20.4 Å². The number of aliphatic imine (C=N–C) groups is 1. The van der Waals surface area contributed by atoms with Crippen molar-refractivity contribution in [3.8, 4) is 17.3 Å². The van der Waals surface area contributed by atoms with Crippen LogP contribution in [0.4, 0.5) is 4.79 Å². The number of imide groups is 1. The van der Waals surface area contributed by atoms with Crippen molar-refractivity contribution >= 4 is 23.7 Å². The van der Waals surface area contributed by atoms with Gasteiger partial charge in [0.1, 0.15) is 0 Å². The maximum Gasteiger partial charge on any atom is 0.351 e. The maximum absolute atomic E-state index is 13.0. The molecule has 0 spiro atoms. The maximum atomic E-state index is 13.0. The molecule has 8 heteroatoms. The van der Waals surface area contributed by atoms with E-state index in [9.17, 15) is 19.5 Å². The second-order valence-corrected chi connectivity index (χ2v) is 8.05. The minimum absolute atomic E-state index is 0.207. The Labute approximate surface area is 214 Å². The molecule has 0 radical (unpaired) electrons. The lowest BCUT2D eigenvalue weighted by atomic mass is 9.99. The van der Waals surface area contributed by atoms with Gasteiger partial charge in [0.05, 0.1) is 28.6 Å². The van der Waals surface area contributed by atoms with Gasteiger partial charge < -0.3 is 9.67 Å². The molecule has 186 valence electrons. The van der Waals surface area contributed by atoms with E-state index in [1.165, 1.54) is 0 Å². The quantitative estimate of drug-likeness (QED) is 0.366. The Kier molecular flexibility index (Phi) is 7.68. The highest BCUT2D eigenvalue weighted by atomic mass is 16.3. The molecular weight excluding hydrogens is 468 g/mol. The number of allylic oxidation sites excluding steroid dienone is 4. The first-order valence-corrected chi connectivity index (χ1v) is 11.9. The van der Waals surface area contributed by atoms with Gasteiger partial charge in [0.15, 0.2) is 0 Å². The van der Waals surface area contributed by atoms with Gasteiger partial charge in [0.25, 0.3) is 11.5 Å². The van der Waals surface area contributed by atoms with Crippen molar-refractivity contribution in [1.82, 2.24) is 14.5 Å². The molecule has 8 nitrogen and oxygen atoms in total. The Bertz CT molecular complexity index is 1500. The van der Waals surface area contributed by atoms with Crippen LogP contribution in [0.1, 0.15) is 25.0 Å². The molecule has 0 aliphatic carbocycles. The Morgan fingerprint density at radius 1 is 0.838 bits per heavy atom. The number of hydrogen-bond acceptors (Lipinski definition) is 5. The average Bonchev–Trinajstić information content (AvgIpc) is 2.91. The number of hydrogen-bond donors (Lipinski definition) is 0.